The summed E-state index contributed by atoms with van der Waals surface area (Å²) in [5.41, 5.74) is 1.64. The molecule has 1 aliphatic rings. The first kappa shape index (κ1) is 14.5. The van der Waals surface area contributed by atoms with E-state index in [0.717, 1.165) is 23.0 Å². The molecular weight excluding hydrogens is 352 g/mol. The van der Waals surface area contributed by atoms with Gasteiger partial charge in [0.05, 0.1) is 11.3 Å². The highest BCUT2D eigenvalue weighted by molar-refractivity contribution is 9.10. The van der Waals surface area contributed by atoms with E-state index in [0.29, 0.717) is 16.5 Å². The van der Waals surface area contributed by atoms with Crippen LogP contribution in [0.15, 0.2) is 16.7 Å². The number of pyridine rings is 1. The minimum atomic E-state index is -0.195. The number of carbonyl (C=O) groups is 1. The Balaban J connectivity index is 1.83. The van der Waals surface area contributed by atoms with E-state index in [4.69, 9.17) is 0 Å². The maximum Gasteiger partial charge on any atom is 0.261 e. The van der Waals surface area contributed by atoms with E-state index in [2.05, 4.69) is 36.5 Å². The normalized spacial score (nSPS) is 13.6. The molecular formula is C14H15BrN4OS. The molecule has 21 heavy (non-hydrogen) atoms. The summed E-state index contributed by atoms with van der Waals surface area (Å²) >= 11 is 4.92. The van der Waals surface area contributed by atoms with Crippen molar-refractivity contribution in [2.24, 2.45) is 0 Å². The van der Waals surface area contributed by atoms with Crippen LogP contribution in [0.2, 0.25) is 0 Å². The lowest BCUT2D eigenvalue weighted by molar-refractivity contribution is 0.102. The number of nitrogens with zero attached hydrogens (tertiary/aromatic N) is 2. The van der Waals surface area contributed by atoms with Gasteiger partial charge in [0, 0.05) is 22.6 Å². The van der Waals surface area contributed by atoms with Crippen molar-refractivity contribution in [3.05, 3.63) is 32.9 Å². The van der Waals surface area contributed by atoms with Crippen molar-refractivity contribution < 1.29 is 4.79 Å². The minimum Gasteiger partial charge on any atom is -0.372 e. The van der Waals surface area contributed by atoms with Crippen LogP contribution in [-0.4, -0.2) is 22.9 Å². The second-order valence-electron chi connectivity index (χ2n) is 4.85. The smallest absolute Gasteiger partial charge is 0.261 e. The van der Waals surface area contributed by atoms with Crippen molar-refractivity contribution in [2.75, 3.05) is 17.7 Å². The van der Waals surface area contributed by atoms with E-state index in [-0.39, 0.29) is 5.91 Å². The fourth-order valence-electron chi connectivity index (χ4n) is 2.38. The molecule has 0 atom stereocenters. The predicted molar refractivity (Wildman–Crippen MR) is 88.2 cm³/mol. The third-order valence-electron chi connectivity index (χ3n) is 3.40. The van der Waals surface area contributed by atoms with E-state index in [1.165, 1.54) is 17.7 Å². The topological polar surface area (TPSA) is 66.9 Å². The Morgan fingerprint density at radius 3 is 2.95 bits per heavy atom. The number of carbonyl (C=O) groups excluding carboxylic acids is 1. The predicted octanol–water partition coefficient (Wildman–Crippen LogP) is 3.47. The number of nitrogens with one attached hydrogen (secondary N) is 2. The van der Waals surface area contributed by atoms with Crippen LogP contribution in [0.3, 0.4) is 0 Å². The second kappa shape index (κ2) is 6.11. The third-order valence-corrected chi connectivity index (χ3v) is 4.91. The minimum absolute atomic E-state index is 0.195. The summed E-state index contributed by atoms with van der Waals surface area (Å²) in [7, 11) is 1.75. The second-order valence-corrected chi connectivity index (χ2v) is 6.85. The average molecular weight is 367 g/mol. The van der Waals surface area contributed by atoms with Crippen LogP contribution < -0.4 is 10.6 Å². The van der Waals surface area contributed by atoms with Crippen LogP contribution >= 0.6 is 27.3 Å². The van der Waals surface area contributed by atoms with E-state index >= 15 is 0 Å². The molecule has 7 heteroatoms. The largest absolute Gasteiger partial charge is 0.372 e. The van der Waals surface area contributed by atoms with E-state index in [9.17, 15) is 4.79 Å². The van der Waals surface area contributed by atoms with Crippen molar-refractivity contribution >= 4 is 44.1 Å². The van der Waals surface area contributed by atoms with Gasteiger partial charge >= 0.3 is 0 Å². The Bertz CT molecular complexity index is 662. The van der Waals surface area contributed by atoms with Gasteiger partial charge in [-0.25, -0.2) is 9.97 Å². The van der Waals surface area contributed by atoms with E-state index < -0.39 is 0 Å². The van der Waals surface area contributed by atoms with Crippen molar-refractivity contribution in [3.8, 4) is 0 Å². The molecule has 0 aliphatic heterocycles. The van der Waals surface area contributed by atoms with Gasteiger partial charge in [-0.3, -0.25) is 10.1 Å². The number of thiazole rings is 1. The quantitative estimate of drug-likeness (QED) is 0.872. The van der Waals surface area contributed by atoms with Crippen molar-refractivity contribution in [3.63, 3.8) is 0 Å². The maximum atomic E-state index is 12.4. The van der Waals surface area contributed by atoms with Gasteiger partial charge in [0.1, 0.15) is 5.82 Å². The summed E-state index contributed by atoms with van der Waals surface area (Å²) in [4.78, 5) is 22.4. The first-order chi connectivity index (χ1) is 10.2. The zero-order valence-electron chi connectivity index (χ0n) is 11.6. The SMILES string of the molecule is CNc1ncc(Br)cc1C(=O)Nc1nc2c(s1)CCCC2. The molecule has 2 aromatic rings. The lowest BCUT2D eigenvalue weighted by Crippen LogP contribution is -2.14. The highest BCUT2D eigenvalue weighted by atomic mass is 79.9. The number of anilines is 2. The molecule has 3 rings (SSSR count). The standard InChI is InChI=1S/C14H15BrN4OS/c1-16-12-9(6-8(15)7-17-12)13(20)19-14-18-10-4-2-3-5-11(10)21-14/h6-7H,2-5H2,1H3,(H,16,17)(H,18,19,20). The van der Waals surface area contributed by atoms with Gasteiger partial charge in [-0.2, -0.15) is 0 Å². The van der Waals surface area contributed by atoms with Gasteiger partial charge in [-0.1, -0.05) is 0 Å². The van der Waals surface area contributed by atoms with Gasteiger partial charge in [0.2, 0.25) is 0 Å². The number of aromatic nitrogens is 2. The van der Waals surface area contributed by atoms with Crippen LogP contribution in [0.4, 0.5) is 10.9 Å². The molecule has 0 aromatic carbocycles. The fourth-order valence-corrected chi connectivity index (χ4v) is 3.76. The number of rotatable bonds is 3. The molecule has 2 aromatic heterocycles. The van der Waals surface area contributed by atoms with Crippen molar-refractivity contribution in [1.29, 1.82) is 0 Å². The summed E-state index contributed by atoms with van der Waals surface area (Å²) in [6, 6.07) is 1.75. The van der Waals surface area contributed by atoms with Crippen LogP contribution in [0.25, 0.3) is 0 Å². The van der Waals surface area contributed by atoms with Gasteiger partial charge in [-0.05, 0) is 47.7 Å². The van der Waals surface area contributed by atoms with E-state index in [1.54, 1.807) is 30.6 Å². The Morgan fingerprint density at radius 1 is 1.38 bits per heavy atom. The summed E-state index contributed by atoms with van der Waals surface area (Å²) in [5.74, 6) is 0.358. The molecule has 110 valence electrons. The molecule has 2 N–H and O–H groups in total. The molecule has 0 saturated carbocycles. The molecule has 1 amide bonds. The van der Waals surface area contributed by atoms with Gasteiger partial charge in [0.25, 0.3) is 5.91 Å². The Hall–Kier alpha value is -1.47. The molecule has 0 saturated heterocycles. The summed E-state index contributed by atoms with van der Waals surface area (Å²) in [6.45, 7) is 0. The summed E-state index contributed by atoms with van der Waals surface area (Å²) in [5, 5.41) is 6.49. The molecule has 1 aliphatic carbocycles. The van der Waals surface area contributed by atoms with E-state index in [1.807, 2.05) is 0 Å². The Morgan fingerprint density at radius 2 is 2.19 bits per heavy atom. The fraction of sp³-hybridized carbons (Fsp3) is 0.357. The molecule has 0 radical (unpaired) electrons. The highest BCUT2D eigenvalue weighted by Gasteiger charge is 2.18. The molecule has 5 nitrogen and oxygen atoms in total. The molecule has 2 heterocycles. The lowest BCUT2D eigenvalue weighted by Gasteiger charge is -2.07. The van der Waals surface area contributed by atoms with Crippen LogP contribution in [0, 0.1) is 0 Å². The van der Waals surface area contributed by atoms with Crippen molar-refractivity contribution in [2.45, 2.75) is 25.7 Å². The molecule has 0 unspecified atom stereocenters. The third kappa shape index (κ3) is 3.08. The van der Waals surface area contributed by atoms with Crippen LogP contribution in [-0.2, 0) is 12.8 Å². The highest BCUT2D eigenvalue weighted by Crippen LogP contribution is 2.30. The lowest BCUT2D eigenvalue weighted by atomic mass is 10.0. The first-order valence-corrected chi connectivity index (χ1v) is 8.41. The zero-order valence-corrected chi connectivity index (χ0v) is 14.0. The molecule has 0 bridgehead atoms. The number of amides is 1. The Kier molecular flexibility index (Phi) is 4.21. The number of hydrogen-bond acceptors (Lipinski definition) is 5. The van der Waals surface area contributed by atoms with Gasteiger partial charge in [-0.15, -0.1) is 11.3 Å². The summed E-state index contributed by atoms with van der Waals surface area (Å²) < 4.78 is 0.769. The average Bonchev–Trinajstić information content (AvgIpc) is 2.89. The van der Waals surface area contributed by atoms with Crippen LogP contribution in [0.5, 0.6) is 0 Å². The zero-order chi connectivity index (χ0) is 14.8. The Labute approximate surface area is 135 Å². The monoisotopic (exact) mass is 366 g/mol. The molecule has 0 fully saturated rings. The van der Waals surface area contributed by atoms with Crippen LogP contribution in [0.1, 0.15) is 33.8 Å². The summed E-state index contributed by atoms with van der Waals surface area (Å²) in [6.07, 6.45) is 6.14. The molecule has 0 spiro atoms. The number of fused-ring (bicyclic) bond motifs is 1. The van der Waals surface area contributed by atoms with Crippen molar-refractivity contribution in [1.82, 2.24) is 9.97 Å². The maximum absolute atomic E-state index is 12.4. The number of hydrogen-bond donors (Lipinski definition) is 2. The van der Waals surface area contributed by atoms with Gasteiger partial charge < -0.3 is 5.32 Å². The number of aryl methyl sites for hydroxylation is 2. The first-order valence-electron chi connectivity index (χ1n) is 6.80. The number of halogens is 1. The van der Waals surface area contributed by atoms with Gasteiger partial charge in [0.15, 0.2) is 5.13 Å².